The number of rotatable bonds is 5. The molecular weight excluding hydrogens is 408 g/mol. The van der Waals surface area contributed by atoms with Crippen LogP contribution in [0.4, 0.5) is 0 Å². The second-order valence-corrected chi connectivity index (χ2v) is 8.22. The Balaban J connectivity index is 1.86. The summed E-state index contributed by atoms with van der Waals surface area (Å²) in [4.78, 5) is 0. The Morgan fingerprint density at radius 3 is 2.25 bits per heavy atom. The van der Waals surface area contributed by atoms with E-state index in [-0.39, 0.29) is 5.92 Å². The molecule has 0 radical (unpaired) electrons. The molecule has 1 fully saturated rings. The summed E-state index contributed by atoms with van der Waals surface area (Å²) in [5.41, 5.74) is -1.10. The largest absolute Gasteiger partial charge is 0.496 e. The molecule has 6 heteroatoms. The second kappa shape index (κ2) is 7.43. The predicted molar refractivity (Wildman–Crippen MR) is 119 cm³/mol. The number of aliphatic hydroxyl groups excluding tert-OH is 1. The molecule has 166 valence electrons. The highest BCUT2D eigenvalue weighted by molar-refractivity contribution is 5.63. The van der Waals surface area contributed by atoms with Gasteiger partial charge in [0.25, 0.3) is 0 Å². The Bertz CT molecular complexity index is 1150. The van der Waals surface area contributed by atoms with Crippen molar-refractivity contribution >= 4 is 0 Å². The fraction of sp³-hybridized carbons (Fsp3) is 0.308. The van der Waals surface area contributed by atoms with Crippen molar-refractivity contribution in [3.8, 4) is 23.0 Å². The molecule has 1 heterocycles. The quantitative estimate of drug-likeness (QED) is 0.637. The van der Waals surface area contributed by atoms with Crippen LogP contribution in [0.2, 0.25) is 0 Å². The van der Waals surface area contributed by atoms with Gasteiger partial charge in [0.15, 0.2) is 11.2 Å². The normalized spacial score (nSPS) is 27.9. The summed E-state index contributed by atoms with van der Waals surface area (Å²) in [6.45, 7) is 0. The highest BCUT2D eigenvalue weighted by Crippen LogP contribution is 2.69. The van der Waals surface area contributed by atoms with E-state index in [1.165, 1.54) is 7.11 Å². The number of methoxy groups -OCH3 is 3. The molecule has 0 spiro atoms. The first kappa shape index (κ1) is 20.7. The summed E-state index contributed by atoms with van der Waals surface area (Å²) in [6.07, 6.45) is -0.811. The van der Waals surface area contributed by atoms with Crippen LogP contribution in [0.3, 0.4) is 0 Å². The van der Waals surface area contributed by atoms with Gasteiger partial charge in [-0.2, -0.15) is 0 Å². The van der Waals surface area contributed by atoms with Crippen LogP contribution in [0.5, 0.6) is 23.0 Å². The van der Waals surface area contributed by atoms with Crippen LogP contribution < -0.4 is 18.9 Å². The van der Waals surface area contributed by atoms with E-state index in [0.717, 1.165) is 5.56 Å². The maximum atomic E-state index is 12.4. The Morgan fingerprint density at radius 2 is 1.56 bits per heavy atom. The van der Waals surface area contributed by atoms with Crippen molar-refractivity contribution in [3.63, 3.8) is 0 Å². The molecule has 3 aromatic rings. The minimum Gasteiger partial charge on any atom is -0.496 e. The number of hydrogen-bond donors (Lipinski definition) is 2. The van der Waals surface area contributed by atoms with Crippen LogP contribution in [0.25, 0.3) is 0 Å². The summed E-state index contributed by atoms with van der Waals surface area (Å²) in [7, 11) is 4.67. The number of hydrogen-bond acceptors (Lipinski definition) is 6. The van der Waals surface area contributed by atoms with Crippen LogP contribution in [0.1, 0.15) is 29.0 Å². The third-order valence-electron chi connectivity index (χ3n) is 6.85. The van der Waals surface area contributed by atoms with Crippen LogP contribution in [0, 0.1) is 0 Å². The minimum absolute atomic E-state index is 0.299. The maximum Gasteiger partial charge on any atom is 0.180 e. The van der Waals surface area contributed by atoms with E-state index in [0.29, 0.717) is 40.5 Å². The van der Waals surface area contributed by atoms with Crippen molar-refractivity contribution < 1.29 is 29.2 Å². The predicted octanol–water partition coefficient (Wildman–Crippen LogP) is 3.74. The Kier molecular flexibility index (Phi) is 4.80. The third kappa shape index (κ3) is 2.54. The number of fused-ring (bicyclic) bond motifs is 3. The van der Waals surface area contributed by atoms with E-state index in [2.05, 4.69) is 0 Å². The molecule has 2 aliphatic rings. The van der Waals surface area contributed by atoms with Gasteiger partial charge in [-0.15, -0.1) is 0 Å². The second-order valence-electron chi connectivity index (χ2n) is 8.22. The fourth-order valence-corrected chi connectivity index (χ4v) is 5.50. The first-order chi connectivity index (χ1) is 15.5. The first-order valence-electron chi connectivity index (χ1n) is 10.6. The van der Waals surface area contributed by atoms with E-state index >= 15 is 0 Å². The molecule has 0 aromatic heterocycles. The zero-order valence-corrected chi connectivity index (χ0v) is 18.2. The molecule has 0 amide bonds. The van der Waals surface area contributed by atoms with Crippen molar-refractivity contribution in [2.75, 3.05) is 21.3 Å². The van der Waals surface area contributed by atoms with Crippen LogP contribution in [0.15, 0.2) is 66.7 Å². The molecule has 0 saturated heterocycles. The SMILES string of the molecule is COc1cc(OC)c2c(c1)OC1(c3ccccc3OC)C(c3ccccc3)CC(O)C21O. The van der Waals surface area contributed by atoms with Gasteiger partial charge in [0.1, 0.15) is 23.0 Å². The average molecular weight is 434 g/mol. The summed E-state index contributed by atoms with van der Waals surface area (Å²) in [5.74, 6) is 1.55. The van der Waals surface area contributed by atoms with E-state index < -0.39 is 17.3 Å². The summed E-state index contributed by atoms with van der Waals surface area (Å²) in [5, 5.41) is 23.8. The van der Waals surface area contributed by atoms with E-state index in [1.54, 1.807) is 26.4 Å². The molecule has 0 bridgehead atoms. The monoisotopic (exact) mass is 434 g/mol. The molecule has 2 N–H and O–H groups in total. The Hall–Kier alpha value is -3.22. The van der Waals surface area contributed by atoms with E-state index in [4.69, 9.17) is 18.9 Å². The lowest BCUT2D eigenvalue weighted by molar-refractivity contribution is -0.150. The van der Waals surface area contributed by atoms with Crippen LogP contribution in [-0.2, 0) is 11.2 Å². The van der Waals surface area contributed by atoms with Gasteiger partial charge >= 0.3 is 0 Å². The highest BCUT2D eigenvalue weighted by Gasteiger charge is 2.74. The topological polar surface area (TPSA) is 77.4 Å². The van der Waals surface area contributed by atoms with Crippen molar-refractivity contribution in [1.29, 1.82) is 0 Å². The van der Waals surface area contributed by atoms with Gasteiger partial charge in [-0.25, -0.2) is 0 Å². The van der Waals surface area contributed by atoms with E-state index in [1.807, 2.05) is 54.6 Å². The standard InChI is InChI=1S/C26H26O6/c1-29-17-13-21(31-3)24-22(14-17)32-26(18-11-7-8-12-20(18)30-2)19(15-23(27)25(24,26)28)16-9-5-4-6-10-16/h4-14,19,23,27-28H,15H2,1-3H3. The number of aliphatic hydroxyl groups is 2. The maximum absolute atomic E-state index is 12.4. The zero-order valence-electron chi connectivity index (χ0n) is 18.2. The molecule has 6 nitrogen and oxygen atoms in total. The molecule has 3 aromatic carbocycles. The molecule has 5 rings (SSSR count). The van der Waals surface area contributed by atoms with Gasteiger partial charge in [-0.05, 0) is 18.1 Å². The van der Waals surface area contributed by atoms with Gasteiger partial charge in [0.05, 0.1) is 33.0 Å². The fourth-order valence-electron chi connectivity index (χ4n) is 5.50. The molecule has 4 atom stereocenters. The third-order valence-corrected chi connectivity index (χ3v) is 6.85. The molecule has 4 unspecified atom stereocenters. The summed E-state index contributed by atoms with van der Waals surface area (Å²) in [6, 6.07) is 20.7. The molecular formula is C26H26O6. The van der Waals surface area contributed by atoms with Crippen molar-refractivity contribution in [3.05, 3.63) is 83.4 Å². The van der Waals surface area contributed by atoms with Crippen molar-refractivity contribution in [1.82, 2.24) is 0 Å². The molecule has 32 heavy (non-hydrogen) atoms. The smallest absolute Gasteiger partial charge is 0.180 e. The molecule has 1 saturated carbocycles. The lowest BCUT2D eigenvalue weighted by Crippen LogP contribution is -2.52. The van der Waals surface area contributed by atoms with Gasteiger partial charge in [-0.1, -0.05) is 48.5 Å². The average Bonchev–Trinajstić information content (AvgIpc) is 3.24. The summed E-state index contributed by atoms with van der Waals surface area (Å²) >= 11 is 0. The van der Waals surface area contributed by atoms with Crippen molar-refractivity contribution in [2.45, 2.75) is 29.6 Å². The number of ether oxygens (including phenoxy) is 4. The van der Waals surface area contributed by atoms with Gasteiger partial charge < -0.3 is 29.2 Å². The van der Waals surface area contributed by atoms with Gasteiger partial charge in [0, 0.05) is 23.6 Å². The van der Waals surface area contributed by atoms with E-state index in [9.17, 15) is 10.2 Å². The minimum atomic E-state index is -1.78. The van der Waals surface area contributed by atoms with Gasteiger partial charge in [-0.3, -0.25) is 0 Å². The molecule has 1 aliphatic carbocycles. The lowest BCUT2D eigenvalue weighted by atomic mass is 9.71. The number of para-hydroxylation sites is 1. The zero-order chi connectivity index (χ0) is 22.5. The Labute approximate surface area is 186 Å². The van der Waals surface area contributed by atoms with Crippen molar-refractivity contribution in [2.24, 2.45) is 0 Å². The highest BCUT2D eigenvalue weighted by atomic mass is 16.5. The van der Waals surface area contributed by atoms with Crippen LogP contribution >= 0.6 is 0 Å². The first-order valence-corrected chi connectivity index (χ1v) is 10.6. The Morgan fingerprint density at radius 1 is 0.875 bits per heavy atom. The lowest BCUT2D eigenvalue weighted by Gasteiger charge is -2.41. The van der Waals surface area contributed by atoms with Gasteiger partial charge in [0.2, 0.25) is 0 Å². The summed E-state index contributed by atoms with van der Waals surface area (Å²) < 4.78 is 23.5. The number of benzene rings is 3. The molecule has 1 aliphatic heterocycles. The van der Waals surface area contributed by atoms with Crippen LogP contribution in [-0.4, -0.2) is 37.6 Å².